The van der Waals surface area contributed by atoms with Crippen LogP contribution in [-0.2, 0) is 26.1 Å². The first kappa shape index (κ1) is 36.6. The minimum Gasteiger partial charge on any atom is -0.465 e. The second-order valence-corrected chi connectivity index (χ2v) is 16.7. The average molecular weight is 566 g/mol. The molecule has 1 aromatic heterocycles. The number of esters is 1. The second kappa shape index (κ2) is 12.5. The molecule has 0 N–H and O–H groups in total. The molecule has 1 aromatic rings. The number of imidazole rings is 1. The third-order valence-electron chi connectivity index (χ3n) is 10.2. The van der Waals surface area contributed by atoms with Crippen LogP contribution in [0.4, 0.5) is 0 Å². The summed E-state index contributed by atoms with van der Waals surface area (Å²) >= 11 is 0. The molecule has 1 heterocycles. The highest BCUT2D eigenvalue weighted by Gasteiger charge is 2.63. The maximum absolute atomic E-state index is 14.2. The molecule has 0 radical (unpaired) electrons. The summed E-state index contributed by atoms with van der Waals surface area (Å²) < 4.78 is 22.3. The first-order chi connectivity index (χ1) is 17.7. The van der Waals surface area contributed by atoms with E-state index in [0.29, 0.717) is 19.6 Å². The lowest BCUT2D eigenvalue weighted by Crippen LogP contribution is -2.59. The number of rotatable bonds is 14. The van der Waals surface area contributed by atoms with Crippen LogP contribution in [0.25, 0.3) is 0 Å². The van der Waals surface area contributed by atoms with Gasteiger partial charge in [0.25, 0.3) is 0 Å². The number of aromatic nitrogens is 2. The van der Waals surface area contributed by atoms with Gasteiger partial charge in [-0.25, -0.2) is 9.13 Å². The van der Waals surface area contributed by atoms with Crippen molar-refractivity contribution >= 4 is 5.97 Å². The number of nitrogens with zero attached hydrogens (tertiary/aromatic N) is 2. The van der Waals surface area contributed by atoms with Crippen LogP contribution in [0.3, 0.4) is 0 Å². The summed E-state index contributed by atoms with van der Waals surface area (Å²) in [6.07, 6.45) is 8.83. The van der Waals surface area contributed by atoms with Crippen LogP contribution in [0.2, 0.25) is 0 Å². The Morgan fingerprint density at radius 3 is 1.77 bits per heavy atom. The summed E-state index contributed by atoms with van der Waals surface area (Å²) in [5.41, 5.74) is -2.30. The first-order valence-corrected chi connectivity index (χ1v) is 15.1. The summed E-state index contributed by atoms with van der Waals surface area (Å²) in [5.74, 6) is -0.137. The molecule has 0 aliphatic carbocycles. The van der Waals surface area contributed by atoms with Crippen molar-refractivity contribution in [3.63, 3.8) is 0 Å². The number of ether oxygens (including phenoxy) is 3. The number of carbonyl (C=O) groups excluding carboxylic acids is 1. The van der Waals surface area contributed by atoms with Gasteiger partial charge < -0.3 is 14.2 Å². The van der Waals surface area contributed by atoms with Crippen molar-refractivity contribution in [1.82, 2.24) is 4.57 Å². The van der Waals surface area contributed by atoms with Gasteiger partial charge in [-0.3, -0.25) is 4.79 Å². The number of aryl methyl sites for hydroxylation is 1. The van der Waals surface area contributed by atoms with E-state index < -0.39 is 16.4 Å². The lowest BCUT2D eigenvalue weighted by atomic mass is 9.45. The van der Waals surface area contributed by atoms with E-state index in [-0.39, 0.29) is 33.9 Å². The van der Waals surface area contributed by atoms with E-state index in [1.54, 1.807) is 7.11 Å². The largest absolute Gasteiger partial charge is 0.465 e. The van der Waals surface area contributed by atoms with Crippen LogP contribution < -0.4 is 4.57 Å². The zero-order chi connectivity index (χ0) is 31.6. The Hall–Kier alpha value is -1.40. The van der Waals surface area contributed by atoms with Crippen molar-refractivity contribution in [2.45, 2.75) is 140 Å². The fourth-order valence-corrected chi connectivity index (χ4v) is 5.81. The van der Waals surface area contributed by atoms with Gasteiger partial charge in [0.05, 0.1) is 36.9 Å². The van der Waals surface area contributed by atoms with Gasteiger partial charge in [-0.1, -0.05) is 69.2 Å². The van der Waals surface area contributed by atoms with E-state index in [9.17, 15) is 4.79 Å². The van der Waals surface area contributed by atoms with Crippen molar-refractivity contribution in [3.05, 3.63) is 18.7 Å². The highest BCUT2D eigenvalue weighted by molar-refractivity contribution is 5.78. The Morgan fingerprint density at radius 2 is 1.35 bits per heavy atom. The third-order valence-corrected chi connectivity index (χ3v) is 10.2. The molecular weight excluding hydrogens is 500 g/mol. The summed E-state index contributed by atoms with van der Waals surface area (Å²) in [6.45, 7) is 33.9. The molecule has 1 rings (SSSR count). The van der Waals surface area contributed by atoms with Crippen LogP contribution in [0.15, 0.2) is 18.7 Å². The van der Waals surface area contributed by atoms with Gasteiger partial charge in [0.2, 0.25) is 6.33 Å². The van der Waals surface area contributed by atoms with Gasteiger partial charge >= 0.3 is 5.97 Å². The number of hydrogen-bond donors (Lipinski definition) is 0. The molecule has 0 bridgehead atoms. The van der Waals surface area contributed by atoms with Crippen molar-refractivity contribution < 1.29 is 23.6 Å². The van der Waals surface area contributed by atoms with E-state index in [1.807, 2.05) is 0 Å². The van der Waals surface area contributed by atoms with Gasteiger partial charge in [-0.05, 0) is 63.7 Å². The first-order valence-electron chi connectivity index (χ1n) is 15.1. The topological polar surface area (TPSA) is 53.6 Å². The van der Waals surface area contributed by atoms with Crippen LogP contribution >= 0.6 is 0 Å². The lowest BCUT2D eigenvalue weighted by molar-refractivity contribution is -0.671. The average Bonchev–Trinajstić information content (AvgIpc) is 3.20. The fraction of sp³-hybridized carbons (Fsp3) is 0.882. The van der Waals surface area contributed by atoms with Crippen molar-refractivity contribution in [1.29, 1.82) is 0 Å². The van der Waals surface area contributed by atoms with E-state index in [0.717, 1.165) is 12.8 Å². The Kier molecular flexibility index (Phi) is 11.4. The summed E-state index contributed by atoms with van der Waals surface area (Å²) in [6, 6.07) is 0.182. The molecule has 0 fully saturated rings. The maximum atomic E-state index is 14.2. The molecule has 0 saturated heterocycles. The summed E-state index contributed by atoms with van der Waals surface area (Å²) in [5, 5.41) is 0. The van der Waals surface area contributed by atoms with Gasteiger partial charge in [-0.15, -0.1) is 0 Å². The Morgan fingerprint density at radius 1 is 0.825 bits per heavy atom. The molecule has 6 heteroatoms. The van der Waals surface area contributed by atoms with Crippen LogP contribution in [0, 0.1) is 27.1 Å². The van der Waals surface area contributed by atoms with E-state index in [4.69, 9.17) is 14.2 Å². The minimum absolute atomic E-state index is 0.115. The molecule has 2 unspecified atom stereocenters. The molecule has 0 saturated carbocycles. The Bertz CT molecular complexity index is 959. The van der Waals surface area contributed by atoms with Gasteiger partial charge in [0.15, 0.2) is 0 Å². The monoisotopic (exact) mass is 565 g/mol. The van der Waals surface area contributed by atoms with E-state index in [1.165, 1.54) is 0 Å². The standard InChI is InChI=1S/C34H65N2O4/c1-28(2,3)24-26(36-21-20-35(16)25-36)32(11,12)33(13,14)34(15,29(4,5)6)27(37)39-22-18-31(9,10)40-23-19-30(7,8)38-17/h20-21,25-26H,18-19,22-24H2,1-17H3/q+1. The predicted molar refractivity (Wildman–Crippen MR) is 165 cm³/mol. The van der Waals surface area contributed by atoms with E-state index >= 15 is 0 Å². The van der Waals surface area contributed by atoms with Gasteiger partial charge in [0, 0.05) is 18.9 Å². The molecule has 0 aliphatic heterocycles. The maximum Gasteiger partial charge on any atom is 0.312 e. The minimum atomic E-state index is -0.761. The van der Waals surface area contributed by atoms with Crippen LogP contribution in [0.5, 0.6) is 0 Å². The van der Waals surface area contributed by atoms with Crippen molar-refractivity contribution in [3.8, 4) is 0 Å². The van der Waals surface area contributed by atoms with E-state index in [2.05, 4.69) is 139 Å². The van der Waals surface area contributed by atoms with Crippen molar-refractivity contribution in [2.24, 2.45) is 34.1 Å². The molecule has 0 aromatic carbocycles. The second-order valence-electron chi connectivity index (χ2n) is 16.7. The molecule has 40 heavy (non-hydrogen) atoms. The predicted octanol–water partition coefficient (Wildman–Crippen LogP) is 7.94. The molecule has 2 atom stereocenters. The smallest absolute Gasteiger partial charge is 0.312 e. The SMILES string of the molecule is COC(C)(C)CCOC(C)(C)CCOC(=O)C(C)(C(C)(C)C)C(C)(C)C(C)(C)C(CC(C)(C)C)n1cc[n+](C)c1. The normalized spacial score (nSPS) is 16.5. The zero-order valence-corrected chi connectivity index (χ0v) is 29.4. The number of methoxy groups -OCH3 is 1. The van der Waals surface area contributed by atoms with Crippen LogP contribution in [-0.4, -0.2) is 42.1 Å². The van der Waals surface area contributed by atoms with Crippen molar-refractivity contribution in [2.75, 3.05) is 20.3 Å². The molecule has 6 nitrogen and oxygen atoms in total. The Labute approximate surface area is 247 Å². The number of carbonyl (C=O) groups is 1. The van der Waals surface area contributed by atoms with Gasteiger partial charge in [0.1, 0.15) is 18.4 Å². The zero-order valence-electron chi connectivity index (χ0n) is 29.4. The fourth-order valence-electron chi connectivity index (χ4n) is 5.81. The highest BCUT2D eigenvalue weighted by Crippen LogP contribution is 2.63. The molecule has 0 aliphatic rings. The summed E-state index contributed by atoms with van der Waals surface area (Å²) in [7, 11) is 3.78. The molecular formula is C34H65N2O4+. The molecule has 0 amide bonds. The van der Waals surface area contributed by atoms with Gasteiger partial charge in [-0.2, -0.15) is 0 Å². The molecule has 0 spiro atoms. The third kappa shape index (κ3) is 8.56. The van der Waals surface area contributed by atoms with Crippen LogP contribution in [0.1, 0.15) is 129 Å². The highest BCUT2D eigenvalue weighted by atomic mass is 16.5. The Balaban J connectivity index is 3.28. The quantitative estimate of drug-likeness (QED) is 0.170. The summed E-state index contributed by atoms with van der Waals surface area (Å²) in [4.78, 5) is 14.2. The molecule has 234 valence electrons. The number of hydrogen-bond acceptors (Lipinski definition) is 4. The lowest BCUT2D eigenvalue weighted by Gasteiger charge is -2.58.